The smallest absolute Gasteiger partial charge is 0.0732 e. The monoisotopic (exact) mass is 218 g/mol. The second-order valence-corrected chi connectivity index (χ2v) is 4.17. The van der Waals surface area contributed by atoms with Gasteiger partial charge in [0.25, 0.3) is 0 Å². The van der Waals surface area contributed by atoms with Crippen LogP contribution in [-0.2, 0) is 0 Å². The van der Waals surface area contributed by atoms with Crippen LogP contribution in [0, 0.1) is 0 Å². The van der Waals surface area contributed by atoms with Crippen molar-refractivity contribution in [2.45, 2.75) is 31.9 Å². The molecule has 1 aromatic heterocycles. The molecule has 0 saturated carbocycles. The maximum absolute atomic E-state index is 9.93. The highest BCUT2D eigenvalue weighted by molar-refractivity contribution is 5.83. The van der Waals surface area contributed by atoms with Crippen LogP contribution < -0.4 is 5.73 Å². The molecule has 0 fully saturated rings. The molecule has 0 saturated heterocycles. The minimum atomic E-state index is -0.467. The fourth-order valence-corrected chi connectivity index (χ4v) is 2.08. The maximum Gasteiger partial charge on any atom is 0.0732 e. The minimum absolute atomic E-state index is 0.306. The lowest BCUT2D eigenvalue weighted by atomic mass is 9.96. The van der Waals surface area contributed by atoms with Crippen LogP contribution in [-0.4, -0.2) is 16.2 Å². The molecule has 2 atom stereocenters. The number of fused-ring (bicyclic) bond motifs is 1. The number of benzene rings is 1. The standard InChI is InChI=1S/C13H18N2O/c1-2-4-12(16)13(14)10-5-3-6-11-9(10)7-8-15-11/h3,5-8,12-13,15-16H,2,4,14H2,1H3/t12-,13+/m1/s1. The van der Waals surface area contributed by atoms with Gasteiger partial charge in [0.15, 0.2) is 0 Å². The van der Waals surface area contributed by atoms with E-state index in [1.165, 1.54) is 0 Å². The van der Waals surface area contributed by atoms with E-state index in [-0.39, 0.29) is 6.04 Å². The summed E-state index contributed by atoms with van der Waals surface area (Å²) in [6, 6.07) is 7.66. The lowest BCUT2D eigenvalue weighted by molar-refractivity contribution is 0.135. The van der Waals surface area contributed by atoms with E-state index in [2.05, 4.69) is 4.98 Å². The van der Waals surface area contributed by atoms with Gasteiger partial charge in [0.2, 0.25) is 0 Å². The van der Waals surface area contributed by atoms with Crippen molar-refractivity contribution < 1.29 is 5.11 Å². The van der Waals surface area contributed by atoms with E-state index in [1.807, 2.05) is 37.4 Å². The molecule has 3 nitrogen and oxygen atoms in total. The molecule has 86 valence electrons. The average molecular weight is 218 g/mol. The van der Waals surface area contributed by atoms with Crippen LogP contribution in [0.3, 0.4) is 0 Å². The number of hydrogen-bond donors (Lipinski definition) is 3. The molecule has 0 bridgehead atoms. The predicted molar refractivity (Wildman–Crippen MR) is 66.1 cm³/mol. The molecule has 0 aliphatic rings. The molecular weight excluding hydrogens is 200 g/mol. The number of aromatic amines is 1. The van der Waals surface area contributed by atoms with E-state index >= 15 is 0 Å². The zero-order valence-corrected chi connectivity index (χ0v) is 9.48. The molecule has 0 radical (unpaired) electrons. The van der Waals surface area contributed by atoms with Gasteiger partial charge < -0.3 is 15.8 Å². The molecule has 3 heteroatoms. The van der Waals surface area contributed by atoms with Gasteiger partial charge in [-0.2, -0.15) is 0 Å². The number of H-pyrrole nitrogens is 1. The van der Waals surface area contributed by atoms with Gasteiger partial charge in [-0.15, -0.1) is 0 Å². The zero-order valence-electron chi connectivity index (χ0n) is 9.48. The summed E-state index contributed by atoms with van der Waals surface area (Å²) in [6.07, 6.45) is 3.11. The second-order valence-electron chi connectivity index (χ2n) is 4.17. The third kappa shape index (κ3) is 1.96. The first-order valence-electron chi connectivity index (χ1n) is 5.73. The van der Waals surface area contributed by atoms with Gasteiger partial charge in [0, 0.05) is 17.1 Å². The molecule has 0 aliphatic carbocycles. The summed E-state index contributed by atoms with van der Waals surface area (Å²) in [7, 11) is 0. The number of nitrogens with two attached hydrogens (primary N) is 1. The minimum Gasteiger partial charge on any atom is -0.391 e. The van der Waals surface area contributed by atoms with E-state index in [0.29, 0.717) is 0 Å². The quantitative estimate of drug-likeness (QED) is 0.737. The first kappa shape index (κ1) is 11.2. The zero-order chi connectivity index (χ0) is 11.5. The number of aliphatic hydroxyl groups is 1. The molecule has 2 aromatic rings. The van der Waals surface area contributed by atoms with E-state index in [1.54, 1.807) is 0 Å². The first-order chi connectivity index (χ1) is 7.74. The van der Waals surface area contributed by atoms with Crippen LogP contribution in [0.1, 0.15) is 31.4 Å². The molecule has 1 heterocycles. The molecule has 0 amide bonds. The summed E-state index contributed by atoms with van der Waals surface area (Å²) in [5.74, 6) is 0. The van der Waals surface area contributed by atoms with Crippen LogP contribution in [0.15, 0.2) is 30.5 Å². The Labute approximate surface area is 95.3 Å². The Kier molecular flexibility index (Phi) is 3.27. The van der Waals surface area contributed by atoms with Gasteiger partial charge in [0.1, 0.15) is 0 Å². The number of nitrogens with one attached hydrogen (secondary N) is 1. The summed E-state index contributed by atoms with van der Waals surface area (Å²) in [5, 5.41) is 11.0. The molecule has 0 spiro atoms. The van der Waals surface area contributed by atoms with Crippen LogP contribution in [0.5, 0.6) is 0 Å². The normalized spacial score (nSPS) is 15.2. The van der Waals surface area contributed by atoms with E-state index in [0.717, 1.165) is 29.3 Å². The Balaban J connectivity index is 2.35. The van der Waals surface area contributed by atoms with Gasteiger partial charge in [-0.25, -0.2) is 0 Å². The van der Waals surface area contributed by atoms with E-state index in [9.17, 15) is 5.11 Å². The lowest BCUT2D eigenvalue weighted by Gasteiger charge is -2.19. The van der Waals surface area contributed by atoms with Crippen molar-refractivity contribution in [3.8, 4) is 0 Å². The van der Waals surface area contributed by atoms with Crippen molar-refractivity contribution in [2.24, 2.45) is 5.73 Å². The highest BCUT2D eigenvalue weighted by atomic mass is 16.3. The fraction of sp³-hybridized carbons (Fsp3) is 0.385. The summed E-state index contributed by atoms with van der Waals surface area (Å²) >= 11 is 0. The maximum atomic E-state index is 9.93. The summed E-state index contributed by atoms with van der Waals surface area (Å²) in [6.45, 7) is 2.05. The Bertz CT molecular complexity index is 464. The first-order valence-corrected chi connectivity index (χ1v) is 5.73. The highest BCUT2D eigenvalue weighted by Gasteiger charge is 2.17. The Morgan fingerprint density at radius 3 is 2.94 bits per heavy atom. The third-order valence-corrected chi connectivity index (χ3v) is 2.99. The molecule has 0 unspecified atom stereocenters. The van der Waals surface area contributed by atoms with E-state index in [4.69, 9.17) is 5.73 Å². The second kappa shape index (κ2) is 4.68. The predicted octanol–water partition coefficient (Wildman–Crippen LogP) is 2.33. The van der Waals surface area contributed by atoms with Gasteiger partial charge in [-0.1, -0.05) is 25.5 Å². The third-order valence-electron chi connectivity index (χ3n) is 2.99. The van der Waals surface area contributed by atoms with Crippen molar-refractivity contribution >= 4 is 10.9 Å². The topological polar surface area (TPSA) is 62.0 Å². The molecule has 1 aromatic carbocycles. The molecule has 0 aliphatic heterocycles. The van der Waals surface area contributed by atoms with Crippen molar-refractivity contribution in [1.29, 1.82) is 0 Å². The van der Waals surface area contributed by atoms with Crippen LogP contribution in [0.4, 0.5) is 0 Å². The number of hydrogen-bond acceptors (Lipinski definition) is 2. The number of aromatic nitrogens is 1. The Morgan fingerprint density at radius 1 is 1.38 bits per heavy atom. The summed E-state index contributed by atoms with van der Waals surface area (Å²) < 4.78 is 0. The number of rotatable bonds is 4. The Morgan fingerprint density at radius 2 is 2.19 bits per heavy atom. The van der Waals surface area contributed by atoms with Gasteiger partial charge in [-0.05, 0) is 24.1 Å². The van der Waals surface area contributed by atoms with Crippen LogP contribution in [0.2, 0.25) is 0 Å². The van der Waals surface area contributed by atoms with Crippen molar-refractivity contribution in [3.63, 3.8) is 0 Å². The van der Waals surface area contributed by atoms with Crippen LogP contribution >= 0.6 is 0 Å². The van der Waals surface area contributed by atoms with Gasteiger partial charge in [0.05, 0.1) is 12.1 Å². The van der Waals surface area contributed by atoms with E-state index < -0.39 is 6.10 Å². The largest absolute Gasteiger partial charge is 0.391 e. The number of aliphatic hydroxyl groups excluding tert-OH is 1. The molecule has 4 N–H and O–H groups in total. The summed E-state index contributed by atoms with van der Waals surface area (Å²) in [5.41, 5.74) is 8.17. The molecule has 2 rings (SSSR count). The van der Waals surface area contributed by atoms with Gasteiger partial charge >= 0.3 is 0 Å². The molecule has 16 heavy (non-hydrogen) atoms. The van der Waals surface area contributed by atoms with Gasteiger partial charge in [-0.3, -0.25) is 0 Å². The summed E-state index contributed by atoms with van der Waals surface area (Å²) in [4.78, 5) is 3.15. The fourth-order valence-electron chi connectivity index (χ4n) is 2.08. The van der Waals surface area contributed by atoms with Crippen molar-refractivity contribution in [3.05, 3.63) is 36.0 Å². The lowest BCUT2D eigenvalue weighted by Crippen LogP contribution is -2.26. The molecular formula is C13H18N2O. The highest BCUT2D eigenvalue weighted by Crippen LogP contribution is 2.25. The SMILES string of the molecule is CCC[C@@H](O)[C@@H](N)c1cccc2[nH]ccc12. The van der Waals surface area contributed by atoms with Crippen molar-refractivity contribution in [2.75, 3.05) is 0 Å². The van der Waals surface area contributed by atoms with Crippen molar-refractivity contribution in [1.82, 2.24) is 4.98 Å². The van der Waals surface area contributed by atoms with Crippen LogP contribution in [0.25, 0.3) is 10.9 Å². The Hall–Kier alpha value is -1.32. The average Bonchev–Trinajstić information content (AvgIpc) is 2.76.